The zero-order valence-corrected chi connectivity index (χ0v) is 11.2. The first-order valence-corrected chi connectivity index (χ1v) is 6.57. The third-order valence-corrected chi connectivity index (χ3v) is 2.99. The highest BCUT2D eigenvalue weighted by Gasteiger charge is 2.20. The predicted molar refractivity (Wildman–Crippen MR) is 69.8 cm³/mol. The lowest BCUT2D eigenvalue weighted by Crippen LogP contribution is -2.37. The number of aromatic nitrogens is 2. The average molecular weight is 253 g/mol. The number of H-pyrrole nitrogens is 1. The summed E-state index contributed by atoms with van der Waals surface area (Å²) >= 11 is 0. The number of carbonyl (C=O) groups is 1. The molecular formula is C13H23N3O2. The summed E-state index contributed by atoms with van der Waals surface area (Å²) in [6.07, 6.45) is 6.45. The van der Waals surface area contributed by atoms with Crippen LogP contribution in [-0.4, -0.2) is 39.0 Å². The Balaban J connectivity index is 2.57. The number of aromatic amines is 1. The minimum atomic E-state index is -0.0209. The molecule has 0 bridgehead atoms. The number of nitrogens with zero attached hydrogens (tertiary/aromatic N) is 2. The Morgan fingerprint density at radius 2 is 2.39 bits per heavy atom. The first-order chi connectivity index (χ1) is 8.69. The molecule has 2 N–H and O–H groups in total. The van der Waals surface area contributed by atoms with Gasteiger partial charge >= 0.3 is 0 Å². The van der Waals surface area contributed by atoms with Gasteiger partial charge in [0.15, 0.2) is 0 Å². The van der Waals surface area contributed by atoms with E-state index in [9.17, 15) is 4.79 Å². The van der Waals surface area contributed by atoms with Crippen molar-refractivity contribution in [2.24, 2.45) is 5.92 Å². The minimum Gasteiger partial charge on any atom is -0.395 e. The molecule has 0 fully saturated rings. The van der Waals surface area contributed by atoms with Crippen LogP contribution in [0.2, 0.25) is 0 Å². The summed E-state index contributed by atoms with van der Waals surface area (Å²) < 4.78 is 0. The molecule has 18 heavy (non-hydrogen) atoms. The molecule has 5 heteroatoms. The first-order valence-electron chi connectivity index (χ1n) is 6.57. The summed E-state index contributed by atoms with van der Waals surface area (Å²) in [5.74, 6) is 0.847. The van der Waals surface area contributed by atoms with E-state index in [0.717, 1.165) is 25.1 Å². The predicted octanol–water partition coefficient (Wildman–Crippen LogP) is 1.56. The Hall–Kier alpha value is -1.36. The Morgan fingerprint density at radius 1 is 1.61 bits per heavy atom. The maximum atomic E-state index is 12.2. The molecule has 1 atom stereocenters. The lowest BCUT2D eigenvalue weighted by Gasteiger charge is -2.24. The Morgan fingerprint density at radius 3 is 2.94 bits per heavy atom. The van der Waals surface area contributed by atoms with Crippen molar-refractivity contribution in [3.05, 3.63) is 18.2 Å². The largest absolute Gasteiger partial charge is 0.395 e. The van der Waals surface area contributed by atoms with Crippen LogP contribution < -0.4 is 0 Å². The summed E-state index contributed by atoms with van der Waals surface area (Å²) in [5.41, 5.74) is 0. The van der Waals surface area contributed by atoms with E-state index >= 15 is 0 Å². The molecule has 1 heterocycles. The number of aliphatic hydroxyl groups is 1. The van der Waals surface area contributed by atoms with Crippen LogP contribution in [0.1, 0.15) is 38.9 Å². The van der Waals surface area contributed by atoms with E-state index in [4.69, 9.17) is 5.11 Å². The summed E-state index contributed by atoms with van der Waals surface area (Å²) in [6, 6.07) is 0. The van der Waals surface area contributed by atoms with Crippen LogP contribution in [0.15, 0.2) is 12.4 Å². The molecule has 0 spiro atoms. The van der Waals surface area contributed by atoms with Crippen LogP contribution >= 0.6 is 0 Å². The third kappa shape index (κ3) is 4.49. The molecule has 1 amide bonds. The molecule has 1 rings (SSSR count). The van der Waals surface area contributed by atoms with Crippen LogP contribution in [0.5, 0.6) is 0 Å². The second-order valence-electron chi connectivity index (χ2n) is 4.56. The van der Waals surface area contributed by atoms with Gasteiger partial charge in [0, 0.05) is 24.9 Å². The minimum absolute atomic E-state index is 0.00598. The van der Waals surface area contributed by atoms with E-state index in [1.807, 2.05) is 6.92 Å². The highest BCUT2D eigenvalue weighted by Crippen LogP contribution is 2.12. The van der Waals surface area contributed by atoms with Crippen LogP contribution in [-0.2, 0) is 11.3 Å². The number of hydrogen-bond donors (Lipinski definition) is 2. The van der Waals surface area contributed by atoms with E-state index in [1.165, 1.54) is 0 Å². The summed E-state index contributed by atoms with van der Waals surface area (Å²) in [4.78, 5) is 21.0. The van der Waals surface area contributed by atoms with Crippen molar-refractivity contribution >= 4 is 5.91 Å². The molecule has 0 radical (unpaired) electrons. The van der Waals surface area contributed by atoms with E-state index in [-0.39, 0.29) is 18.4 Å². The van der Waals surface area contributed by atoms with Gasteiger partial charge in [0.1, 0.15) is 5.82 Å². The van der Waals surface area contributed by atoms with Gasteiger partial charge in [0.2, 0.25) is 5.91 Å². The topological polar surface area (TPSA) is 69.2 Å². The van der Waals surface area contributed by atoms with Gasteiger partial charge in [-0.05, 0) is 6.42 Å². The van der Waals surface area contributed by atoms with Gasteiger partial charge in [-0.2, -0.15) is 0 Å². The Bertz CT molecular complexity index is 338. The molecular weight excluding hydrogens is 230 g/mol. The molecule has 5 nitrogen and oxygen atoms in total. The van der Waals surface area contributed by atoms with Crippen molar-refractivity contribution in [2.45, 2.75) is 39.7 Å². The van der Waals surface area contributed by atoms with Gasteiger partial charge in [-0.15, -0.1) is 0 Å². The second kappa shape index (κ2) is 7.87. The summed E-state index contributed by atoms with van der Waals surface area (Å²) in [6.45, 7) is 4.84. The third-order valence-electron chi connectivity index (χ3n) is 2.99. The number of imidazole rings is 1. The van der Waals surface area contributed by atoms with Gasteiger partial charge in [-0.25, -0.2) is 4.98 Å². The molecule has 0 saturated carbocycles. The molecule has 1 aromatic heterocycles. The zero-order chi connectivity index (χ0) is 13.4. The smallest absolute Gasteiger partial charge is 0.225 e. The lowest BCUT2D eigenvalue weighted by molar-refractivity contribution is -0.136. The number of carbonyl (C=O) groups excluding carboxylic acids is 1. The molecule has 0 aliphatic heterocycles. The highest BCUT2D eigenvalue weighted by atomic mass is 16.3. The zero-order valence-electron chi connectivity index (χ0n) is 11.2. The Labute approximate surface area is 108 Å². The van der Waals surface area contributed by atoms with Crippen molar-refractivity contribution in [1.82, 2.24) is 14.9 Å². The fourth-order valence-electron chi connectivity index (χ4n) is 1.90. The van der Waals surface area contributed by atoms with Crippen molar-refractivity contribution in [3.8, 4) is 0 Å². The molecule has 0 aromatic carbocycles. The Kier molecular flexibility index (Phi) is 6.43. The molecule has 0 saturated heterocycles. The van der Waals surface area contributed by atoms with Crippen molar-refractivity contribution < 1.29 is 9.90 Å². The van der Waals surface area contributed by atoms with Gasteiger partial charge in [-0.3, -0.25) is 4.79 Å². The molecule has 102 valence electrons. The SMILES string of the molecule is CCCCC(C)C(=O)N(CCO)Cc1ncc[nH]1. The maximum Gasteiger partial charge on any atom is 0.225 e. The fraction of sp³-hybridized carbons (Fsp3) is 0.692. The number of unbranched alkanes of at least 4 members (excludes halogenated alkanes) is 1. The monoisotopic (exact) mass is 253 g/mol. The van der Waals surface area contributed by atoms with Gasteiger partial charge in [-0.1, -0.05) is 26.7 Å². The van der Waals surface area contributed by atoms with Crippen LogP contribution in [0.3, 0.4) is 0 Å². The maximum absolute atomic E-state index is 12.2. The number of rotatable bonds is 8. The number of amides is 1. The van der Waals surface area contributed by atoms with Gasteiger partial charge < -0.3 is 15.0 Å². The molecule has 1 unspecified atom stereocenters. The normalized spacial score (nSPS) is 12.4. The van der Waals surface area contributed by atoms with E-state index < -0.39 is 0 Å². The van der Waals surface area contributed by atoms with Crippen molar-refractivity contribution in [2.75, 3.05) is 13.2 Å². The standard InChI is InChI=1S/C13H23N3O2/c1-3-4-5-11(2)13(18)16(8-9-17)10-12-14-6-7-15-12/h6-7,11,17H,3-5,8-10H2,1-2H3,(H,14,15). The quantitative estimate of drug-likeness (QED) is 0.738. The second-order valence-corrected chi connectivity index (χ2v) is 4.56. The highest BCUT2D eigenvalue weighted by molar-refractivity contribution is 5.78. The average Bonchev–Trinajstić information content (AvgIpc) is 2.87. The van der Waals surface area contributed by atoms with E-state index in [1.54, 1.807) is 17.3 Å². The lowest BCUT2D eigenvalue weighted by atomic mass is 10.0. The summed E-state index contributed by atoms with van der Waals surface area (Å²) in [5, 5.41) is 9.05. The van der Waals surface area contributed by atoms with Crippen molar-refractivity contribution in [1.29, 1.82) is 0 Å². The number of hydrogen-bond acceptors (Lipinski definition) is 3. The molecule has 1 aromatic rings. The number of aliphatic hydroxyl groups excluding tert-OH is 1. The van der Waals surface area contributed by atoms with E-state index in [0.29, 0.717) is 13.1 Å². The summed E-state index contributed by atoms with van der Waals surface area (Å²) in [7, 11) is 0. The molecule has 0 aliphatic rings. The van der Waals surface area contributed by atoms with Crippen LogP contribution in [0, 0.1) is 5.92 Å². The van der Waals surface area contributed by atoms with Crippen LogP contribution in [0.25, 0.3) is 0 Å². The first kappa shape index (κ1) is 14.7. The van der Waals surface area contributed by atoms with Crippen LogP contribution in [0.4, 0.5) is 0 Å². The van der Waals surface area contributed by atoms with Crippen molar-refractivity contribution in [3.63, 3.8) is 0 Å². The molecule has 0 aliphatic carbocycles. The number of nitrogens with one attached hydrogen (secondary N) is 1. The fourth-order valence-corrected chi connectivity index (χ4v) is 1.90. The van der Waals surface area contributed by atoms with Gasteiger partial charge in [0.05, 0.1) is 13.2 Å². The van der Waals surface area contributed by atoms with Gasteiger partial charge in [0.25, 0.3) is 0 Å². The van der Waals surface area contributed by atoms with E-state index in [2.05, 4.69) is 16.9 Å².